The Morgan fingerprint density at radius 2 is 1.75 bits per heavy atom. The van der Waals surface area contributed by atoms with Crippen molar-refractivity contribution in [3.8, 4) is 0 Å². The Labute approximate surface area is 121 Å². The molecule has 0 aliphatic carbocycles. The summed E-state index contributed by atoms with van der Waals surface area (Å²) in [6.07, 6.45) is 2.34. The lowest BCUT2D eigenvalue weighted by atomic mass is 9.91. The van der Waals surface area contributed by atoms with E-state index in [4.69, 9.17) is 4.74 Å². The number of hydrogen-bond donors (Lipinski definition) is 0. The SMILES string of the molecule is CCCCC(C(=O)OC)C(=O)c1ccc(C(C)C)cc1. The molecular formula is C17H24O3. The smallest absolute Gasteiger partial charge is 0.316 e. The van der Waals surface area contributed by atoms with E-state index in [1.165, 1.54) is 12.7 Å². The summed E-state index contributed by atoms with van der Waals surface area (Å²) in [7, 11) is 1.33. The van der Waals surface area contributed by atoms with Gasteiger partial charge < -0.3 is 4.74 Å². The van der Waals surface area contributed by atoms with Crippen molar-refractivity contribution in [3.05, 3.63) is 35.4 Å². The van der Waals surface area contributed by atoms with Gasteiger partial charge in [0.25, 0.3) is 0 Å². The molecule has 3 nitrogen and oxygen atoms in total. The zero-order chi connectivity index (χ0) is 15.1. The van der Waals surface area contributed by atoms with Crippen LogP contribution in [0.3, 0.4) is 0 Å². The maximum atomic E-state index is 12.4. The third-order valence-corrected chi connectivity index (χ3v) is 3.51. The molecule has 0 bridgehead atoms. The molecule has 3 heteroatoms. The summed E-state index contributed by atoms with van der Waals surface area (Å²) in [5, 5.41) is 0. The molecule has 0 aromatic heterocycles. The average Bonchev–Trinajstić information content (AvgIpc) is 2.47. The number of ketones is 1. The topological polar surface area (TPSA) is 43.4 Å². The van der Waals surface area contributed by atoms with E-state index in [1.54, 1.807) is 12.1 Å². The summed E-state index contributed by atoms with van der Waals surface area (Å²) < 4.78 is 4.75. The highest BCUT2D eigenvalue weighted by Crippen LogP contribution is 2.20. The standard InChI is InChI=1S/C17H24O3/c1-5-6-7-15(17(19)20-4)16(18)14-10-8-13(9-11-14)12(2)3/h8-12,15H,5-7H2,1-4H3. The van der Waals surface area contributed by atoms with Gasteiger partial charge in [-0.3, -0.25) is 9.59 Å². The summed E-state index contributed by atoms with van der Waals surface area (Å²) in [6, 6.07) is 7.51. The van der Waals surface area contributed by atoms with Gasteiger partial charge in [-0.1, -0.05) is 57.9 Å². The van der Waals surface area contributed by atoms with Crippen molar-refractivity contribution in [2.75, 3.05) is 7.11 Å². The lowest BCUT2D eigenvalue weighted by molar-refractivity contribution is -0.143. The first-order chi connectivity index (χ1) is 9.51. The average molecular weight is 276 g/mol. The van der Waals surface area contributed by atoms with Crippen molar-refractivity contribution in [1.29, 1.82) is 0 Å². The van der Waals surface area contributed by atoms with Gasteiger partial charge in [-0.05, 0) is 17.9 Å². The normalized spacial score (nSPS) is 12.2. The summed E-state index contributed by atoms with van der Waals surface area (Å²) in [4.78, 5) is 24.2. The lowest BCUT2D eigenvalue weighted by Gasteiger charge is -2.14. The van der Waals surface area contributed by atoms with Crippen LogP contribution in [0, 0.1) is 5.92 Å². The van der Waals surface area contributed by atoms with Gasteiger partial charge in [-0.25, -0.2) is 0 Å². The third-order valence-electron chi connectivity index (χ3n) is 3.51. The largest absolute Gasteiger partial charge is 0.468 e. The van der Waals surface area contributed by atoms with E-state index in [9.17, 15) is 9.59 Å². The fourth-order valence-corrected chi connectivity index (χ4v) is 2.14. The van der Waals surface area contributed by atoms with Crippen LogP contribution in [0.2, 0.25) is 0 Å². The molecule has 1 aromatic rings. The van der Waals surface area contributed by atoms with Gasteiger partial charge in [-0.2, -0.15) is 0 Å². The fourth-order valence-electron chi connectivity index (χ4n) is 2.14. The van der Waals surface area contributed by atoms with Gasteiger partial charge >= 0.3 is 5.97 Å². The number of hydrogen-bond acceptors (Lipinski definition) is 3. The lowest BCUT2D eigenvalue weighted by Crippen LogP contribution is -2.25. The van der Waals surface area contributed by atoms with Crippen LogP contribution in [-0.4, -0.2) is 18.9 Å². The van der Waals surface area contributed by atoms with Gasteiger partial charge in [0.1, 0.15) is 5.92 Å². The van der Waals surface area contributed by atoms with E-state index in [2.05, 4.69) is 13.8 Å². The molecule has 0 spiro atoms. The molecule has 0 aliphatic rings. The number of unbranched alkanes of at least 4 members (excludes halogenated alkanes) is 1. The number of benzene rings is 1. The Kier molecular flexibility index (Phi) is 6.43. The molecule has 20 heavy (non-hydrogen) atoms. The van der Waals surface area contributed by atoms with Crippen molar-refractivity contribution in [1.82, 2.24) is 0 Å². The summed E-state index contributed by atoms with van der Waals surface area (Å²) in [5.41, 5.74) is 1.77. The first-order valence-corrected chi connectivity index (χ1v) is 7.23. The molecule has 1 unspecified atom stereocenters. The second kappa shape index (κ2) is 7.83. The van der Waals surface area contributed by atoms with Crippen molar-refractivity contribution in [2.45, 2.75) is 46.0 Å². The predicted octanol–water partition coefficient (Wildman–Crippen LogP) is 3.97. The Morgan fingerprint density at radius 3 is 2.20 bits per heavy atom. The number of ether oxygens (including phenoxy) is 1. The number of methoxy groups -OCH3 is 1. The molecule has 0 saturated heterocycles. The Balaban J connectivity index is 2.90. The first kappa shape index (κ1) is 16.4. The molecule has 0 radical (unpaired) electrons. The summed E-state index contributed by atoms with van der Waals surface area (Å²) in [6.45, 7) is 6.25. The molecule has 110 valence electrons. The van der Waals surface area contributed by atoms with Crippen molar-refractivity contribution in [2.24, 2.45) is 5.92 Å². The fraction of sp³-hybridized carbons (Fsp3) is 0.529. The van der Waals surface area contributed by atoms with Crippen molar-refractivity contribution >= 4 is 11.8 Å². The zero-order valence-electron chi connectivity index (χ0n) is 12.8. The maximum absolute atomic E-state index is 12.4. The van der Waals surface area contributed by atoms with Crippen LogP contribution in [-0.2, 0) is 9.53 Å². The molecule has 0 fully saturated rings. The van der Waals surface area contributed by atoms with Gasteiger partial charge in [0.05, 0.1) is 7.11 Å². The van der Waals surface area contributed by atoms with Crippen molar-refractivity contribution < 1.29 is 14.3 Å². The molecule has 0 aliphatic heterocycles. The molecule has 0 amide bonds. The highest BCUT2D eigenvalue weighted by Gasteiger charge is 2.27. The molecule has 1 atom stereocenters. The molecule has 1 aromatic carbocycles. The monoisotopic (exact) mass is 276 g/mol. The molecule has 0 N–H and O–H groups in total. The number of carbonyl (C=O) groups excluding carboxylic acids is 2. The molecule has 0 heterocycles. The number of Topliss-reactive ketones (excluding diaryl/α,β-unsaturated/α-hetero) is 1. The van der Waals surface area contributed by atoms with Crippen LogP contribution in [0.1, 0.15) is 61.9 Å². The minimum atomic E-state index is -0.676. The van der Waals surface area contributed by atoms with E-state index in [-0.39, 0.29) is 5.78 Å². The van der Waals surface area contributed by atoms with Crippen LogP contribution in [0.5, 0.6) is 0 Å². The Bertz CT molecular complexity index is 446. The van der Waals surface area contributed by atoms with E-state index >= 15 is 0 Å². The van der Waals surface area contributed by atoms with Gasteiger partial charge in [0, 0.05) is 5.56 Å². The summed E-state index contributed by atoms with van der Waals surface area (Å²) >= 11 is 0. The minimum Gasteiger partial charge on any atom is -0.468 e. The van der Waals surface area contributed by atoms with Crippen LogP contribution >= 0.6 is 0 Å². The van der Waals surface area contributed by atoms with Gasteiger partial charge in [-0.15, -0.1) is 0 Å². The second-order valence-corrected chi connectivity index (χ2v) is 5.36. The van der Waals surface area contributed by atoms with Gasteiger partial charge in [0.15, 0.2) is 5.78 Å². The number of esters is 1. The number of carbonyl (C=O) groups is 2. The zero-order valence-corrected chi connectivity index (χ0v) is 12.8. The summed E-state index contributed by atoms with van der Waals surface area (Å²) in [5.74, 6) is -0.822. The minimum absolute atomic E-state index is 0.138. The first-order valence-electron chi connectivity index (χ1n) is 7.23. The molecular weight excluding hydrogens is 252 g/mol. The van der Waals surface area contributed by atoms with E-state index < -0.39 is 11.9 Å². The highest BCUT2D eigenvalue weighted by atomic mass is 16.5. The predicted molar refractivity (Wildman–Crippen MR) is 79.9 cm³/mol. The van der Waals surface area contributed by atoms with Gasteiger partial charge in [0.2, 0.25) is 0 Å². The van der Waals surface area contributed by atoms with E-state index in [1.807, 2.05) is 19.1 Å². The second-order valence-electron chi connectivity index (χ2n) is 5.36. The Morgan fingerprint density at radius 1 is 1.15 bits per heavy atom. The van der Waals surface area contributed by atoms with E-state index in [0.717, 1.165) is 12.8 Å². The number of rotatable bonds is 7. The highest BCUT2D eigenvalue weighted by molar-refractivity contribution is 6.08. The van der Waals surface area contributed by atoms with Crippen LogP contribution in [0.4, 0.5) is 0 Å². The molecule has 0 saturated carbocycles. The molecule has 1 rings (SSSR count). The third kappa shape index (κ3) is 4.19. The van der Waals surface area contributed by atoms with Crippen LogP contribution in [0.25, 0.3) is 0 Å². The van der Waals surface area contributed by atoms with Crippen LogP contribution in [0.15, 0.2) is 24.3 Å². The van der Waals surface area contributed by atoms with Crippen molar-refractivity contribution in [3.63, 3.8) is 0 Å². The Hall–Kier alpha value is -1.64. The van der Waals surface area contributed by atoms with E-state index in [0.29, 0.717) is 17.9 Å². The quantitative estimate of drug-likeness (QED) is 0.430. The maximum Gasteiger partial charge on any atom is 0.316 e. The van der Waals surface area contributed by atoms with Crippen LogP contribution < -0.4 is 0 Å².